The molecule has 118 valence electrons. The summed E-state index contributed by atoms with van der Waals surface area (Å²) in [6.45, 7) is 3.91. The van der Waals surface area contributed by atoms with Crippen molar-refractivity contribution in [2.45, 2.75) is 38.3 Å². The Kier molecular flexibility index (Phi) is 3.55. The second kappa shape index (κ2) is 5.59. The van der Waals surface area contributed by atoms with Gasteiger partial charge in [-0.25, -0.2) is 0 Å². The van der Waals surface area contributed by atoms with Crippen LogP contribution in [0.1, 0.15) is 25.5 Å². The van der Waals surface area contributed by atoms with Crippen molar-refractivity contribution in [3.8, 4) is 0 Å². The number of ketones is 1. The Balaban J connectivity index is 1.57. The van der Waals surface area contributed by atoms with Crippen LogP contribution >= 0.6 is 0 Å². The second-order valence-electron chi connectivity index (χ2n) is 6.45. The standard InChI is InChI=1S/C20H20O3/c1-12-17-9-10-18(23-17)20(19(12)21)22-13(2)15-8-7-14-5-3-4-6-16(14)11-15/h3-13,17-18,20H,1-2H3/t12-,13+,17+,18-,20+/m0/s1. The van der Waals surface area contributed by atoms with Gasteiger partial charge in [0.05, 0.1) is 12.2 Å². The molecule has 0 spiro atoms. The van der Waals surface area contributed by atoms with Crippen molar-refractivity contribution in [3.05, 3.63) is 60.2 Å². The fourth-order valence-corrected chi connectivity index (χ4v) is 3.43. The summed E-state index contributed by atoms with van der Waals surface area (Å²) in [5, 5.41) is 2.39. The zero-order valence-electron chi connectivity index (χ0n) is 13.3. The predicted octanol–water partition coefficient (Wildman–Crippen LogP) is 3.83. The van der Waals surface area contributed by atoms with Crippen molar-refractivity contribution < 1.29 is 14.3 Å². The van der Waals surface area contributed by atoms with Gasteiger partial charge in [-0.05, 0) is 29.3 Å². The minimum Gasteiger partial charge on any atom is -0.363 e. The molecule has 2 aromatic rings. The Morgan fingerprint density at radius 3 is 2.61 bits per heavy atom. The molecular weight excluding hydrogens is 288 g/mol. The van der Waals surface area contributed by atoms with Crippen LogP contribution in [0.25, 0.3) is 10.8 Å². The number of rotatable bonds is 3. The third-order valence-electron chi connectivity index (χ3n) is 4.92. The van der Waals surface area contributed by atoms with Crippen LogP contribution in [0.4, 0.5) is 0 Å². The molecule has 0 aliphatic carbocycles. The van der Waals surface area contributed by atoms with Crippen molar-refractivity contribution in [2.75, 3.05) is 0 Å². The second-order valence-corrected chi connectivity index (χ2v) is 6.45. The molecule has 2 bridgehead atoms. The average molecular weight is 308 g/mol. The maximum atomic E-state index is 12.5. The first-order chi connectivity index (χ1) is 11.1. The van der Waals surface area contributed by atoms with Gasteiger partial charge in [0.2, 0.25) is 0 Å². The van der Waals surface area contributed by atoms with E-state index in [0.29, 0.717) is 0 Å². The first-order valence-electron chi connectivity index (χ1n) is 8.15. The van der Waals surface area contributed by atoms with Crippen molar-refractivity contribution in [1.82, 2.24) is 0 Å². The van der Waals surface area contributed by atoms with Crippen molar-refractivity contribution >= 4 is 16.6 Å². The first-order valence-corrected chi connectivity index (χ1v) is 8.15. The third kappa shape index (κ3) is 2.50. The average Bonchev–Trinajstić information content (AvgIpc) is 3.03. The lowest BCUT2D eigenvalue weighted by atomic mass is 9.93. The van der Waals surface area contributed by atoms with Crippen LogP contribution < -0.4 is 0 Å². The van der Waals surface area contributed by atoms with E-state index in [1.165, 1.54) is 10.8 Å². The number of carbonyl (C=O) groups is 1. The van der Waals surface area contributed by atoms with E-state index < -0.39 is 6.10 Å². The number of fused-ring (bicyclic) bond motifs is 3. The van der Waals surface area contributed by atoms with Crippen molar-refractivity contribution in [3.63, 3.8) is 0 Å². The molecule has 1 saturated heterocycles. The third-order valence-corrected chi connectivity index (χ3v) is 4.92. The zero-order chi connectivity index (χ0) is 16.0. The number of hydrogen-bond donors (Lipinski definition) is 0. The molecular formula is C20H20O3. The molecule has 0 radical (unpaired) electrons. The predicted molar refractivity (Wildman–Crippen MR) is 89.2 cm³/mol. The summed E-state index contributed by atoms with van der Waals surface area (Å²) in [7, 11) is 0. The lowest BCUT2D eigenvalue weighted by Crippen LogP contribution is -2.48. The molecule has 3 heteroatoms. The van der Waals surface area contributed by atoms with E-state index in [0.717, 1.165) is 5.56 Å². The first kappa shape index (κ1) is 14.6. The minimum atomic E-state index is -0.513. The van der Waals surface area contributed by atoms with E-state index in [9.17, 15) is 4.79 Å². The number of ether oxygens (including phenoxy) is 2. The highest BCUT2D eigenvalue weighted by Crippen LogP contribution is 2.34. The van der Waals surface area contributed by atoms with E-state index in [4.69, 9.17) is 9.47 Å². The van der Waals surface area contributed by atoms with E-state index in [-0.39, 0.29) is 30.0 Å². The Morgan fingerprint density at radius 2 is 1.78 bits per heavy atom. The molecule has 0 unspecified atom stereocenters. The number of hydrogen-bond acceptors (Lipinski definition) is 3. The molecule has 4 rings (SSSR count). The van der Waals surface area contributed by atoms with Crippen molar-refractivity contribution in [2.24, 2.45) is 5.92 Å². The number of Topliss-reactive ketones (excluding diaryl/α,β-unsaturated/α-hetero) is 1. The van der Waals surface area contributed by atoms with Crippen LogP contribution in [0.2, 0.25) is 0 Å². The maximum absolute atomic E-state index is 12.5. The highest BCUT2D eigenvalue weighted by atomic mass is 16.6. The van der Waals surface area contributed by atoms with Gasteiger partial charge in [-0.1, -0.05) is 55.5 Å². The summed E-state index contributed by atoms with van der Waals surface area (Å²) in [6.07, 6.45) is 2.95. The summed E-state index contributed by atoms with van der Waals surface area (Å²) in [6, 6.07) is 14.5. The Hall–Kier alpha value is -1.97. The van der Waals surface area contributed by atoms with E-state index in [1.54, 1.807) is 0 Å². The smallest absolute Gasteiger partial charge is 0.170 e. The monoisotopic (exact) mass is 308 g/mol. The maximum Gasteiger partial charge on any atom is 0.170 e. The normalized spacial score (nSPS) is 30.8. The quantitative estimate of drug-likeness (QED) is 0.808. The topological polar surface area (TPSA) is 35.5 Å². The lowest BCUT2D eigenvalue weighted by molar-refractivity contribution is -0.167. The van der Waals surface area contributed by atoms with Gasteiger partial charge < -0.3 is 9.47 Å². The van der Waals surface area contributed by atoms with Gasteiger partial charge in [-0.3, -0.25) is 4.79 Å². The zero-order valence-corrected chi connectivity index (χ0v) is 13.3. The summed E-state index contributed by atoms with van der Waals surface area (Å²) < 4.78 is 12.0. The summed E-state index contributed by atoms with van der Waals surface area (Å²) in [4.78, 5) is 12.5. The molecule has 0 aromatic heterocycles. The van der Waals surface area contributed by atoms with Crippen molar-refractivity contribution in [1.29, 1.82) is 0 Å². The highest BCUT2D eigenvalue weighted by molar-refractivity contribution is 5.88. The van der Waals surface area contributed by atoms with Gasteiger partial charge in [0.25, 0.3) is 0 Å². The van der Waals surface area contributed by atoms with Crippen LogP contribution in [-0.4, -0.2) is 24.1 Å². The largest absolute Gasteiger partial charge is 0.363 e. The highest BCUT2D eigenvalue weighted by Gasteiger charge is 2.45. The molecule has 2 aromatic carbocycles. The lowest BCUT2D eigenvalue weighted by Gasteiger charge is -2.34. The van der Waals surface area contributed by atoms with Gasteiger partial charge in [0, 0.05) is 5.92 Å². The molecule has 1 fully saturated rings. The van der Waals surface area contributed by atoms with Gasteiger partial charge in [-0.15, -0.1) is 0 Å². The van der Waals surface area contributed by atoms with Gasteiger partial charge in [0.1, 0.15) is 12.2 Å². The van der Waals surface area contributed by atoms with Crippen LogP contribution in [0.5, 0.6) is 0 Å². The molecule has 2 aliphatic rings. The Labute approximate surface area is 135 Å². The Bertz CT molecular complexity index is 779. The van der Waals surface area contributed by atoms with Gasteiger partial charge in [0.15, 0.2) is 5.78 Å². The summed E-state index contributed by atoms with van der Waals surface area (Å²) in [5.41, 5.74) is 1.08. The molecule has 2 heterocycles. The fourth-order valence-electron chi connectivity index (χ4n) is 3.43. The van der Waals surface area contributed by atoms with Crippen LogP contribution in [0.15, 0.2) is 54.6 Å². The fraction of sp³-hybridized carbons (Fsp3) is 0.350. The van der Waals surface area contributed by atoms with Crippen LogP contribution in [0, 0.1) is 5.92 Å². The molecule has 0 N–H and O–H groups in total. The molecule has 23 heavy (non-hydrogen) atoms. The molecule has 3 nitrogen and oxygen atoms in total. The van der Waals surface area contributed by atoms with Gasteiger partial charge in [-0.2, -0.15) is 0 Å². The van der Waals surface area contributed by atoms with Crippen LogP contribution in [0.3, 0.4) is 0 Å². The SMILES string of the molecule is C[C@@H]1C(=O)[C@H](O[C@H](C)c2ccc3ccccc3c2)[C@@H]2C=C[C@H]1O2. The molecule has 0 saturated carbocycles. The Morgan fingerprint density at radius 1 is 1.04 bits per heavy atom. The van der Waals surface area contributed by atoms with E-state index in [2.05, 4.69) is 30.3 Å². The summed E-state index contributed by atoms with van der Waals surface area (Å²) >= 11 is 0. The van der Waals surface area contributed by atoms with E-state index >= 15 is 0 Å². The number of carbonyl (C=O) groups excluding carboxylic acids is 1. The molecule has 5 atom stereocenters. The minimum absolute atomic E-state index is 0.0803. The van der Waals surface area contributed by atoms with E-state index in [1.807, 2.05) is 38.1 Å². The molecule has 2 aliphatic heterocycles. The number of benzene rings is 2. The molecule has 0 amide bonds. The van der Waals surface area contributed by atoms with Gasteiger partial charge >= 0.3 is 0 Å². The summed E-state index contributed by atoms with van der Waals surface area (Å²) in [5.74, 6) is 0.00249. The van der Waals surface area contributed by atoms with Crippen LogP contribution in [-0.2, 0) is 14.3 Å².